The molecule has 0 spiro atoms. The van der Waals surface area contributed by atoms with Gasteiger partial charge >= 0.3 is 6.18 Å². The number of alkyl halides is 3. The zero-order valence-corrected chi connectivity index (χ0v) is 11.2. The molecule has 0 bridgehead atoms. The van der Waals surface area contributed by atoms with Crippen LogP contribution >= 0.6 is 0 Å². The second-order valence-corrected chi connectivity index (χ2v) is 4.35. The van der Waals surface area contributed by atoms with Gasteiger partial charge in [0.2, 0.25) is 0 Å². The maximum atomic E-state index is 13.4. The Morgan fingerprint density at radius 2 is 2.10 bits per heavy atom. The average molecular weight is 309 g/mol. The third-order valence-electron chi connectivity index (χ3n) is 2.66. The van der Waals surface area contributed by atoms with Gasteiger partial charge < -0.3 is 15.2 Å². The normalized spacial score (nSPS) is 13.0. The topological polar surface area (TPSA) is 58.6 Å². The Morgan fingerprint density at radius 3 is 2.67 bits per heavy atom. The van der Waals surface area contributed by atoms with Gasteiger partial charge in [-0.2, -0.15) is 13.2 Å². The minimum Gasteiger partial charge on any atom is -0.391 e. The summed E-state index contributed by atoms with van der Waals surface area (Å²) in [6, 6.07) is 1.61. The van der Waals surface area contributed by atoms with E-state index in [1.165, 1.54) is 7.11 Å². The molecule has 0 aliphatic rings. The number of carbonyl (C=O) groups is 1. The van der Waals surface area contributed by atoms with Gasteiger partial charge in [0.15, 0.2) is 0 Å². The summed E-state index contributed by atoms with van der Waals surface area (Å²) >= 11 is 0. The van der Waals surface area contributed by atoms with Crippen molar-refractivity contribution in [3.8, 4) is 0 Å². The predicted molar refractivity (Wildman–Crippen MR) is 66.2 cm³/mol. The molecule has 0 saturated heterocycles. The Morgan fingerprint density at radius 1 is 1.43 bits per heavy atom. The van der Waals surface area contributed by atoms with E-state index in [1.807, 2.05) is 0 Å². The minimum atomic E-state index is -4.66. The van der Waals surface area contributed by atoms with Crippen LogP contribution in [0.1, 0.15) is 22.3 Å². The van der Waals surface area contributed by atoms with E-state index in [0.29, 0.717) is 18.2 Å². The molecule has 0 fully saturated rings. The van der Waals surface area contributed by atoms with Crippen LogP contribution in [0.25, 0.3) is 0 Å². The number of aliphatic hydroxyl groups excluding tert-OH is 1. The Balaban J connectivity index is 2.69. The predicted octanol–water partition coefficient (Wildman–Crippen LogP) is 1.97. The van der Waals surface area contributed by atoms with Crippen molar-refractivity contribution >= 4 is 5.91 Å². The van der Waals surface area contributed by atoms with E-state index in [9.17, 15) is 27.5 Å². The van der Waals surface area contributed by atoms with Crippen LogP contribution in [0.3, 0.4) is 0 Å². The number of halogens is 4. The number of rotatable bonds is 6. The SMILES string of the molecule is COCC(O)CCNC(=O)c1cc(C(F)(F)F)ccc1F. The molecule has 0 heterocycles. The number of ether oxygens (including phenoxy) is 1. The fraction of sp³-hybridized carbons (Fsp3) is 0.462. The van der Waals surface area contributed by atoms with Crippen molar-refractivity contribution in [2.24, 2.45) is 0 Å². The maximum absolute atomic E-state index is 13.4. The summed E-state index contributed by atoms with van der Waals surface area (Å²) in [6.45, 7) is 0.0484. The molecule has 1 aromatic carbocycles. The molecule has 0 aliphatic carbocycles. The number of methoxy groups -OCH3 is 1. The first-order chi connectivity index (χ1) is 9.75. The molecule has 0 radical (unpaired) electrons. The highest BCUT2D eigenvalue weighted by Crippen LogP contribution is 2.30. The molecule has 1 atom stereocenters. The van der Waals surface area contributed by atoms with Gasteiger partial charge in [0, 0.05) is 13.7 Å². The third kappa shape index (κ3) is 5.31. The first-order valence-corrected chi connectivity index (χ1v) is 6.07. The lowest BCUT2D eigenvalue weighted by Crippen LogP contribution is -2.29. The standard InChI is InChI=1S/C13H15F4NO3/c1-21-7-9(19)4-5-18-12(20)10-6-8(13(15,16)17)2-3-11(10)14/h2-3,6,9,19H,4-5,7H2,1H3,(H,18,20). The maximum Gasteiger partial charge on any atom is 0.416 e. The van der Waals surface area contributed by atoms with Gasteiger partial charge in [-0.1, -0.05) is 0 Å². The minimum absolute atomic E-state index is 0.0148. The van der Waals surface area contributed by atoms with Crippen molar-refractivity contribution in [3.05, 3.63) is 35.1 Å². The van der Waals surface area contributed by atoms with Crippen molar-refractivity contribution in [3.63, 3.8) is 0 Å². The van der Waals surface area contributed by atoms with Crippen LogP contribution in [0.5, 0.6) is 0 Å². The van der Waals surface area contributed by atoms with E-state index in [2.05, 4.69) is 10.1 Å². The molecule has 0 aromatic heterocycles. The number of hydrogen-bond acceptors (Lipinski definition) is 3. The van der Waals surface area contributed by atoms with Crippen LogP contribution in [0.2, 0.25) is 0 Å². The van der Waals surface area contributed by atoms with Crippen molar-refractivity contribution in [2.45, 2.75) is 18.7 Å². The number of amides is 1. The number of aliphatic hydroxyl groups is 1. The van der Waals surface area contributed by atoms with Crippen LogP contribution in [0.15, 0.2) is 18.2 Å². The summed E-state index contributed by atoms with van der Waals surface area (Å²) in [5.41, 5.74) is -1.79. The molecular weight excluding hydrogens is 294 g/mol. The fourth-order valence-electron chi connectivity index (χ4n) is 1.60. The largest absolute Gasteiger partial charge is 0.416 e. The summed E-state index contributed by atoms with van der Waals surface area (Å²) in [4.78, 5) is 11.7. The monoisotopic (exact) mass is 309 g/mol. The highest BCUT2D eigenvalue weighted by molar-refractivity contribution is 5.94. The van der Waals surface area contributed by atoms with E-state index in [-0.39, 0.29) is 19.6 Å². The van der Waals surface area contributed by atoms with Crippen LogP contribution in [0.4, 0.5) is 17.6 Å². The Labute approximate surface area is 118 Å². The quantitative estimate of drug-likeness (QED) is 0.790. The zero-order chi connectivity index (χ0) is 16.0. The van der Waals surface area contributed by atoms with Gasteiger partial charge in [-0.15, -0.1) is 0 Å². The summed E-state index contributed by atoms with van der Waals surface area (Å²) in [5.74, 6) is -2.01. The van der Waals surface area contributed by atoms with Gasteiger partial charge in [0.1, 0.15) is 5.82 Å². The Kier molecular flexibility index (Phi) is 6.10. The van der Waals surface area contributed by atoms with Crippen molar-refractivity contribution in [2.75, 3.05) is 20.3 Å². The molecule has 21 heavy (non-hydrogen) atoms. The molecule has 0 aliphatic heterocycles. The number of carbonyl (C=O) groups excluding carboxylic acids is 1. The van der Waals surface area contributed by atoms with Crippen molar-refractivity contribution < 1.29 is 32.2 Å². The molecule has 1 amide bonds. The lowest BCUT2D eigenvalue weighted by Gasteiger charge is -2.12. The summed E-state index contributed by atoms with van der Waals surface area (Å²) in [6.07, 6.45) is -5.33. The van der Waals surface area contributed by atoms with E-state index < -0.39 is 35.1 Å². The lowest BCUT2D eigenvalue weighted by atomic mass is 10.1. The average Bonchev–Trinajstić information content (AvgIpc) is 2.38. The second kappa shape index (κ2) is 7.37. The first kappa shape index (κ1) is 17.4. The van der Waals surface area contributed by atoms with Gasteiger partial charge in [0.25, 0.3) is 5.91 Å². The van der Waals surface area contributed by atoms with Gasteiger partial charge in [-0.25, -0.2) is 4.39 Å². The molecule has 1 rings (SSSR count). The van der Waals surface area contributed by atoms with Gasteiger partial charge in [0.05, 0.1) is 23.8 Å². The lowest BCUT2D eigenvalue weighted by molar-refractivity contribution is -0.137. The molecule has 4 nitrogen and oxygen atoms in total. The molecule has 8 heteroatoms. The zero-order valence-electron chi connectivity index (χ0n) is 11.2. The number of nitrogens with one attached hydrogen (secondary N) is 1. The second-order valence-electron chi connectivity index (χ2n) is 4.35. The molecule has 118 valence electrons. The molecule has 2 N–H and O–H groups in total. The van der Waals surface area contributed by atoms with Crippen LogP contribution in [-0.2, 0) is 10.9 Å². The Hall–Kier alpha value is -1.67. The van der Waals surface area contributed by atoms with E-state index in [1.54, 1.807) is 0 Å². The highest BCUT2D eigenvalue weighted by atomic mass is 19.4. The summed E-state index contributed by atoms with van der Waals surface area (Å²) in [7, 11) is 1.39. The van der Waals surface area contributed by atoms with Crippen LogP contribution in [0, 0.1) is 5.82 Å². The van der Waals surface area contributed by atoms with Crippen LogP contribution in [-0.4, -0.2) is 37.4 Å². The molecule has 1 aromatic rings. The van der Waals surface area contributed by atoms with E-state index >= 15 is 0 Å². The van der Waals surface area contributed by atoms with Crippen molar-refractivity contribution in [1.82, 2.24) is 5.32 Å². The number of benzene rings is 1. The fourth-order valence-corrected chi connectivity index (χ4v) is 1.60. The van der Waals surface area contributed by atoms with E-state index in [0.717, 1.165) is 0 Å². The summed E-state index contributed by atoms with van der Waals surface area (Å²) < 4.78 is 55.6. The van der Waals surface area contributed by atoms with Gasteiger partial charge in [-0.3, -0.25) is 4.79 Å². The summed E-state index contributed by atoms with van der Waals surface area (Å²) in [5, 5.41) is 11.6. The Bertz CT molecular complexity index is 491. The first-order valence-electron chi connectivity index (χ1n) is 6.07. The highest BCUT2D eigenvalue weighted by Gasteiger charge is 2.31. The molecule has 1 unspecified atom stereocenters. The number of hydrogen-bond donors (Lipinski definition) is 2. The third-order valence-corrected chi connectivity index (χ3v) is 2.66. The molecule has 0 saturated carbocycles. The van der Waals surface area contributed by atoms with Crippen LogP contribution < -0.4 is 5.32 Å². The van der Waals surface area contributed by atoms with Crippen molar-refractivity contribution in [1.29, 1.82) is 0 Å². The van der Waals surface area contributed by atoms with E-state index in [4.69, 9.17) is 0 Å². The molecular formula is C13H15F4NO3. The smallest absolute Gasteiger partial charge is 0.391 e. The van der Waals surface area contributed by atoms with Gasteiger partial charge in [-0.05, 0) is 24.6 Å².